The van der Waals surface area contributed by atoms with Crippen LogP contribution in [0.4, 0.5) is 0 Å². The lowest BCUT2D eigenvalue weighted by molar-refractivity contribution is 0.464. The largest absolute Gasteiger partial charge is 0.744 e. The summed E-state index contributed by atoms with van der Waals surface area (Å²) in [6.07, 6.45) is 1.46. The van der Waals surface area contributed by atoms with Gasteiger partial charge in [-0.2, -0.15) is 0 Å². The monoisotopic (exact) mass is 208 g/mol. The molecule has 4 nitrogen and oxygen atoms in total. The first-order valence-corrected chi connectivity index (χ1v) is 5.29. The molecule has 0 aliphatic carbocycles. The van der Waals surface area contributed by atoms with Crippen LogP contribution in [-0.2, 0) is 10.1 Å². The van der Waals surface area contributed by atoms with Crippen molar-refractivity contribution in [1.29, 1.82) is 0 Å². The molecule has 0 radical (unpaired) electrons. The van der Waals surface area contributed by atoms with Gasteiger partial charge in [0, 0.05) is 11.6 Å². The lowest BCUT2D eigenvalue weighted by atomic mass is 10.2. The molecule has 14 heavy (non-hydrogen) atoms. The number of nitrogens with zero attached hydrogens (tertiary/aromatic N) is 1. The lowest BCUT2D eigenvalue weighted by Crippen LogP contribution is -2.00. The number of hydrogen-bond acceptors (Lipinski definition) is 4. The molecule has 5 heteroatoms. The summed E-state index contributed by atoms with van der Waals surface area (Å²) in [6, 6.07) is 7.88. The van der Waals surface area contributed by atoms with Crippen LogP contribution in [0.1, 0.15) is 0 Å². The highest BCUT2D eigenvalue weighted by molar-refractivity contribution is 7.86. The molecule has 1 aromatic heterocycles. The van der Waals surface area contributed by atoms with Crippen molar-refractivity contribution >= 4 is 21.0 Å². The van der Waals surface area contributed by atoms with Crippen molar-refractivity contribution in [3.05, 3.63) is 36.5 Å². The Morgan fingerprint density at radius 1 is 1.14 bits per heavy atom. The van der Waals surface area contributed by atoms with Crippen molar-refractivity contribution in [2.75, 3.05) is 0 Å². The fraction of sp³-hybridized carbons (Fsp3) is 0. The second-order valence-corrected chi connectivity index (χ2v) is 4.13. The van der Waals surface area contributed by atoms with E-state index in [2.05, 4.69) is 4.98 Å². The smallest absolute Gasteiger partial charge is 0.126 e. The molecule has 0 bridgehead atoms. The minimum Gasteiger partial charge on any atom is -0.744 e. The van der Waals surface area contributed by atoms with E-state index in [4.69, 9.17) is 0 Å². The van der Waals surface area contributed by atoms with Gasteiger partial charge in [-0.15, -0.1) is 0 Å². The summed E-state index contributed by atoms with van der Waals surface area (Å²) < 4.78 is 32.6. The summed E-state index contributed by atoms with van der Waals surface area (Å²) in [4.78, 5) is 3.60. The van der Waals surface area contributed by atoms with Crippen molar-refractivity contribution in [2.45, 2.75) is 4.90 Å². The quantitative estimate of drug-likeness (QED) is 0.659. The molecule has 0 atom stereocenters. The van der Waals surface area contributed by atoms with Crippen molar-refractivity contribution < 1.29 is 13.0 Å². The van der Waals surface area contributed by atoms with E-state index in [0.29, 0.717) is 5.39 Å². The Labute approximate surface area is 81.0 Å². The molecular formula is C9H6NO3S-. The van der Waals surface area contributed by atoms with Gasteiger partial charge in [0.15, 0.2) is 0 Å². The first-order valence-electron chi connectivity index (χ1n) is 3.89. The van der Waals surface area contributed by atoms with Crippen LogP contribution in [-0.4, -0.2) is 18.0 Å². The Morgan fingerprint density at radius 2 is 1.86 bits per heavy atom. The van der Waals surface area contributed by atoms with Crippen molar-refractivity contribution in [3.63, 3.8) is 0 Å². The summed E-state index contributed by atoms with van der Waals surface area (Å²) in [5, 5.41) is 0.643. The number of hydrogen-bond donors (Lipinski definition) is 0. The molecule has 0 aliphatic rings. The Bertz CT molecular complexity index is 572. The highest BCUT2D eigenvalue weighted by atomic mass is 32.2. The Kier molecular flexibility index (Phi) is 1.98. The van der Waals surface area contributed by atoms with Gasteiger partial charge in [-0.25, -0.2) is 8.42 Å². The summed E-state index contributed by atoms with van der Waals surface area (Å²) in [6.45, 7) is 0. The third-order valence-corrected chi connectivity index (χ3v) is 2.73. The van der Waals surface area contributed by atoms with Gasteiger partial charge >= 0.3 is 0 Å². The fourth-order valence-electron chi connectivity index (χ4n) is 1.28. The summed E-state index contributed by atoms with van der Waals surface area (Å²) in [5.41, 5.74) is 0.227. The third-order valence-electron chi connectivity index (χ3n) is 1.87. The highest BCUT2D eigenvalue weighted by Gasteiger charge is 2.06. The number of aromatic nitrogens is 1. The van der Waals surface area contributed by atoms with Gasteiger partial charge in [0.2, 0.25) is 0 Å². The van der Waals surface area contributed by atoms with Crippen LogP contribution >= 0.6 is 0 Å². The summed E-state index contributed by atoms with van der Waals surface area (Å²) >= 11 is 0. The molecule has 0 spiro atoms. The fourth-order valence-corrected chi connectivity index (χ4v) is 1.93. The van der Waals surface area contributed by atoms with Gasteiger partial charge in [-0.05, 0) is 12.1 Å². The zero-order chi connectivity index (χ0) is 10.2. The molecule has 2 rings (SSSR count). The van der Waals surface area contributed by atoms with Crippen LogP contribution in [0, 0.1) is 0 Å². The topological polar surface area (TPSA) is 70.1 Å². The molecule has 0 amide bonds. The SMILES string of the molecule is O=S(=O)([O-])c1cccc2cccnc12. The minimum atomic E-state index is -4.44. The maximum Gasteiger partial charge on any atom is 0.126 e. The highest BCUT2D eigenvalue weighted by Crippen LogP contribution is 2.19. The molecule has 0 aliphatic heterocycles. The predicted molar refractivity (Wildman–Crippen MR) is 49.7 cm³/mol. The van der Waals surface area contributed by atoms with Crippen molar-refractivity contribution in [3.8, 4) is 0 Å². The van der Waals surface area contributed by atoms with Crippen LogP contribution in [0.5, 0.6) is 0 Å². The first kappa shape index (κ1) is 9.11. The van der Waals surface area contributed by atoms with E-state index in [1.807, 2.05) is 0 Å². The number of para-hydroxylation sites is 1. The number of rotatable bonds is 1. The molecular weight excluding hydrogens is 202 g/mol. The van der Waals surface area contributed by atoms with E-state index in [-0.39, 0.29) is 10.4 Å². The zero-order valence-electron chi connectivity index (χ0n) is 7.04. The molecule has 0 saturated heterocycles. The molecule has 0 unspecified atom stereocenters. The lowest BCUT2D eigenvalue weighted by Gasteiger charge is -2.08. The van der Waals surface area contributed by atoms with Crippen molar-refractivity contribution in [2.24, 2.45) is 0 Å². The Balaban J connectivity index is 2.92. The summed E-state index contributed by atoms with van der Waals surface area (Å²) in [7, 11) is -4.44. The predicted octanol–water partition coefficient (Wildman–Crippen LogP) is 1.14. The maximum absolute atomic E-state index is 10.9. The average Bonchev–Trinajstić information content (AvgIpc) is 2.15. The average molecular weight is 208 g/mol. The Hall–Kier alpha value is -1.46. The van der Waals surface area contributed by atoms with E-state index in [9.17, 15) is 13.0 Å². The van der Waals surface area contributed by atoms with Gasteiger partial charge in [-0.3, -0.25) is 4.98 Å². The van der Waals surface area contributed by atoms with Crippen LogP contribution in [0.15, 0.2) is 41.4 Å². The summed E-state index contributed by atoms with van der Waals surface area (Å²) in [5.74, 6) is 0. The standard InChI is InChI=1S/C9H7NO3S/c11-14(12,13)8-5-1-3-7-4-2-6-10-9(7)8/h1-6H,(H,11,12,13)/p-1. The molecule has 0 N–H and O–H groups in total. The van der Waals surface area contributed by atoms with Crippen LogP contribution in [0.2, 0.25) is 0 Å². The number of pyridine rings is 1. The third kappa shape index (κ3) is 1.47. The van der Waals surface area contributed by atoms with E-state index in [1.165, 1.54) is 18.3 Å². The van der Waals surface area contributed by atoms with Gasteiger partial charge in [0.05, 0.1) is 10.4 Å². The molecule has 72 valence electrons. The van der Waals surface area contributed by atoms with Crippen molar-refractivity contribution in [1.82, 2.24) is 4.98 Å². The number of fused-ring (bicyclic) bond motifs is 1. The Morgan fingerprint density at radius 3 is 2.57 bits per heavy atom. The van der Waals surface area contributed by atoms with Crippen LogP contribution in [0.3, 0.4) is 0 Å². The van der Waals surface area contributed by atoms with E-state index < -0.39 is 10.1 Å². The maximum atomic E-state index is 10.9. The van der Waals surface area contributed by atoms with Crippen LogP contribution in [0.25, 0.3) is 10.9 Å². The van der Waals surface area contributed by atoms with E-state index >= 15 is 0 Å². The molecule has 0 saturated carbocycles. The molecule has 1 aromatic carbocycles. The normalized spacial score (nSPS) is 11.8. The number of benzene rings is 1. The van der Waals surface area contributed by atoms with E-state index in [1.54, 1.807) is 18.2 Å². The van der Waals surface area contributed by atoms with Crippen LogP contribution < -0.4 is 0 Å². The minimum absolute atomic E-state index is 0.227. The van der Waals surface area contributed by atoms with Gasteiger partial charge in [0.1, 0.15) is 10.1 Å². The zero-order valence-corrected chi connectivity index (χ0v) is 7.86. The van der Waals surface area contributed by atoms with E-state index in [0.717, 1.165) is 0 Å². The molecule has 1 heterocycles. The first-order chi connectivity index (χ1) is 6.59. The van der Waals surface area contributed by atoms with Gasteiger partial charge in [-0.1, -0.05) is 18.2 Å². The second kappa shape index (κ2) is 3.04. The molecule has 0 fully saturated rings. The second-order valence-electron chi connectivity index (χ2n) is 2.79. The molecule has 2 aromatic rings. The van der Waals surface area contributed by atoms with Gasteiger partial charge in [0.25, 0.3) is 0 Å². The van der Waals surface area contributed by atoms with Gasteiger partial charge < -0.3 is 4.55 Å².